The van der Waals surface area contributed by atoms with Gasteiger partial charge in [-0.3, -0.25) is 9.59 Å². The van der Waals surface area contributed by atoms with Crippen molar-refractivity contribution in [3.8, 4) is 11.5 Å². The van der Waals surface area contributed by atoms with Crippen LogP contribution in [0.15, 0.2) is 72.9 Å². The molecule has 0 saturated heterocycles. The van der Waals surface area contributed by atoms with Crippen LogP contribution < -0.4 is 9.47 Å². The SMILES string of the molecule is Cc1ccc(Cl)c(OCC=CCOc2ccc(C=Cc3cccc4c(CCCC(=O)O)cn(CC(=O)O)c34)cc2)c1F. The van der Waals surface area contributed by atoms with Crippen molar-refractivity contribution < 1.29 is 33.7 Å². The number of hydrogen-bond acceptors (Lipinski definition) is 4. The fourth-order valence-electron chi connectivity index (χ4n) is 4.53. The Labute approximate surface area is 248 Å². The molecule has 42 heavy (non-hydrogen) atoms. The molecule has 3 aromatic carbocycles. The third kappa shape index (κ3) is 8.01. The number of aliphatic carboxylic acids is 2. The summed E-state index contributed by atoms with van der Waals surface area (Å²) in [5, 5.41) is 19.5. The van der Waals surface area contributed by atoms with Gasteiger partial charge in [-0.2, -0.15) is 0 Å². The molecule has 0 amide bonds. The molecule has 218 valence electrons. The first-order valence-corrected chi connectivity index (χ1v) is 13.8. The van der Waals surface area contributed by atoms with Gasteiger partial charge in [-0.1, -0.05) is 60.2 Å². The number of halogens is 2. The Morgan fingerprint density at radius 2 is 1.69 bits per heavy atom. The summed E-state index contributed by atoms with van der Waals surface area (Å²) in [5.74, 6) is -1.56. The molecule has 0 aliphatic heterocycles. The lowest BCUT2D eigenvalue weighted by molar-refractivity contribution is -0.138. The number of ether oxygens (including phenoxy) is 2. The molecule has 0 atom stereocenters. The maximum absolute atomic E-state index is 14.1. The van der Waals surface area contributed by atoms with E-state index < -0.39 is 17.8 Å². The van der Waals surface area contributed by atoms with Gasteiger partial charge in [0, 0.05) is 18.0 Å². The molecule has 0 aliphatic rings. The molecular formula is C33H31ClFNO6. The maximum Gasteiger partial charge on any atom is 0.323 e. The van der Waals surface area contributed by atoms with Gasteiger partial charge in [0.25, 0.3) is 0 Å². The topological polar surface area (TPSA) is 98.0 Å². The highest BCUT2D eigenvalue weighted by molar-refractivity contribution is 6.32. The van der Waals surface area contributed by atoms with Gasteiger partial charge in [-0.15, -0.1) is 0 Å². The minimum atomic E-state index is -0.953. The van der Waals surface area contributed by atoms with E-state index in [-0.39, 0.29) is 30.3 Å². The van der Waals surface area contributed by atoms with Crippen molar-refractivity contribution >= 4 is 46.6 Å². The highest BCUT2D eigenvalue weighted by Gasteiger charge is 2.14. The zero-order valence-electron chi connectivity index (χ0n) is 23.1. The number of aromatic nitrogens is 1. The summed E-state index contributed by atoms with van der Waals surface area (Å²) in [6, 6.07) is 16.5. The highest BCUT2D eigenvalue weighted by Crippen LogP contribution is 2.30. The Hall–Kier alpha value is -4.56. The van der Waals surface area contributed by atoms with Crippen LogP contribution >= 0.6 is 11.6 Å². The zero-order chi connectivity index (χ0) is 30.1. The molecule has 0 aliphatic carbocycles. The van der Waals surface area contributed by atoms with E-state index in [1.54, 1.807) is 42.0 Å². The van der Waals surface area contributed by atoms with Crippen molar-refractivity contribution in [3.05, 3.63) is 106 Å². The van der Waals surface area contributed by atoms with Crippen molar-refractivity contribution in [3.63, 3.8) is 0 Å². The quantitative estimate of drug-likeness (QED) is 0.117. The van der Waals surface area contributed by atoms with Crippen molar-refractivity contribution in [2.24, 2.45) is 0 Å². The van der Waals surface area contributed by atoms with E-state index in [0.29, 0.717) is 30.8 Å². The molecule has 7 nitrogen and oxygen atoms in total. The molecule has 1 heterocycles. The van der Waals surface area contributed by atoms with Gasteiger partial charge in [-0.05, 0) is 72.4 Å². The third-order valence-electron chi connectivity index (χ3n) is 6.57. The number of carboxylic acids is 2. The first kappa shape index (κ1) is 30.4. The monoisotopic (exact) mass is 591 g/mol. The lowest BCUT2D eigenvalue weighted by atomic mass is 10.0. The summed E-state index contributed by atoms with van der Waals surface area (Å²) in [4.78, 5) is 22.5. The molecule has 0 fully saturated rings. The molecule has 0 unspecified atom stereocenters. The summed E-state index contributed by atoms with van der Waals surface area (Å²) in [6.45, 7) is 1.91. The van der Waals surface area contributed by atoms with E-state index in [2.05, 4.69) is 0 Å². The number of carbonyl (C=O) groups is 2. The maximum atomic E-state index is 14.1. The van der Waals surface area contributed by atoms with Crippen LogP contribution in [0.4, 0.5) is 4.39 Å². The van der Waals surface area contributed by atoms with Gasteiger partial charge < -0.3 is 24.3 Å². The molecule has 4 rings (SSSR count). The number of rotatable bonds is 14. The number of fused-ring (bicyclic) bond motifs is 1. The second kappa shape index (κ2) is 14.4. The van der Waals surface area contributed by atoms with Gasteiger partial charge in [-0.25, -0.2) is 4.39 Å². The van der Waals surface area contributed by atoms with Gasteiger partial charge in [0.2, 0.25) is 0 Å². The average molecular weight is 592 g/mol. The fraction of sp³-hybridized carbons (Fsp3) is 0.212. The van der Waals surface area contributed by atoms with E-state index >= 15 is 0 Å². The standard InChI is InChI=1S/C33H31ClFNO6/c1-22-10-17-28(34)33(31(22)35)42-19-3-2-18-41-26-15-12-23(13-16-26)11-14-24-6-4-8-27-25(7-5-9-29(37)38)20-36(32(24)27)21-30(39)40/h2-4,6,8,10-17,20H,5,7,9,18-19,21H2,1H3,(H,37,38)(H,39,40). The van der Waals surface area contributed by atoms with Crippen LogP contribution in [0.2, 0.25) is 5.02 Å². The number of benzene rings is 3. The van der Waals surface area contributed by atoms with Crippen LogP contribution in [0.1, 0.15) is 35.1 Å². The Morgan fingerprint density at radius 3 is 2.40 bits per heavy atom. The largest absolute Gasteiger partial charge is 0.490 e. The molecule has 1 aromatic heterocycles. The fourth-order valence-corrected chi connectivity index (χ4v) is 4.73. The summed E-state index contributed by atoms with van der Waals surface area (Å²) < 4.78 is 27.0. The van der Waals surface area contributed by atoms with Crippen molar-refractivity contribution in [1.82, 2.24) is 4.57 Å². The van der Waals surface area contributed by atoms with E-state index in [1.165, 1.54) is 0 Å². The molecular weight excluding hydrogens is 561 g/mol. The minimum Gasteiger partial charge on any atom is -0.490 e. The number of aryl methyl sites for hydroxylation is 2. The Morgan fingerprint density at radius 1 is 0.952 bits per heavy atom. The minimum absolute atomic E-state index is 0.0355. The van der Waals surface area contributed by atoms with Gasteiger partial charge in [0.05, 0.1) is 10.5 Å². The van der Waals surface area contributed by atoms with Crippen LogP contribution in [-0.2, 0) is 22.6 Å². The van der Waals surface area contributed by atoms with Gasteiger partial charge in [0.1, 0.15) is 25.5 Å². The number of nitrogens with zero attached hydrogens (tertiary/aromatic N) is 1. The van der Waals surface area contributed by atoms with E-state index in [9.17, 15) is 19.1 Å². The normalized spacial score (nSPS) is 11.5. The summed E-state index contributed by atoms with van der Waals surface area (Å²) in [7, 11) is 0. The Balaban J connectivity index is 1.37. The number of para-hydroxylation sites is 1. The number of carboxylic acid groups (broad SMARTS) is 2. The predicted octanol–water partition coefficient (Wildman–Crippen LogP) is 7.42. The lowest BCUT2D eigenvalue weighted by Gasteiger charge is -2.08. The van der Waals surface area contributed by atoms with Gasteiger partial charge >= 0.3 is 11.9 Å². The second-order valence-corrected chi connectivity index (χ2v) is 10.1. The lowest BCUT2D eigenvalue weighted by Crippen LogP contribution is -2.07. The Kier molecular flexibility index (Phi) is 10.4. The van der Waals surface area contributed by atoms with Crippen LogP contribution in [0.25, 0.3) is 23.1 Å². The third-order valence-corrected chi connectivity index (χ3v) is 6.87. The molecule has 4 aromatic rings. The van der Waals surface area contributed by atoms with Crippen molar-refractivity contribution in [2.75, 3.05) is 13.2 Å². The van der Waals surface area contributed by atoms with Crippen LogP contribution in [0.5, 0.6) is 11.5 Å². The van der Waals surface area contributed by atoms with E-state index in [4.69, 9.17) is 26.2 Å². The van der Waals surface area contributed by atoms with Gasteiger partial charge in [0.15, 0.2) is 11.6 Å². The number of hydrogen-bond donors (Lipinski definition) is 2. The zero-order valence-corrected chi connectivity index (χ0v) is 23.8. The summed E-state index contributed by atoms with van der Waals surface area (Å²) in [6.07, 6.45) is 10.3. The first-order chi connectivity index (χ1) is 20.2. The van der Waals surface area contributed by atoms with Crippen molar-refractivity contribution in [1.29, 1.82) is 0 Å². The Bertz CT molecular complexity index is 1620. The summed E-state index contributed by atoms with van der Waals surface area (Å²) in [5.41, 5.74) is 3.97. The molecule has 0 saturated carbocycles. The average Bonchev–Trinajstić information content (AvgIpc) is 3.30. The van der Waals surface area contributed by atoms with Crippen LogP contribution in [0, 0.1) is 12.7 Å². The van der Waals surface area contributed by atoms with E-state index in [0.717, 1.165) is 27.6 Å². The molecule has 0 spiro atoms. The molecule has 0 bridgehead atoms. The second-order valence-electron chi connectivity index (χ2n) is 9.67. The van der Waals surface area contributed by atoms with Crippen molar-refractivity contribution in [2.45, 2.75) is 32.7 Å². The van der Waals surface area contributed by atoms with Crippen LogP contribution in [0.3, 0.4) is 0 Å². The molecule has 0 radical (unpaired) electrons. The predicted molar refractivity (Wildman–Crippen MR) is 162 cm³/mol. The van der Waals surface area contributed by atoms with E-state index in [1.807, 2.05) is 54.6 Å². The molecule has 9 heteroatoms. The molecule has 2 N–H and O–H groups in total. The summed E-state index contributed by atoms with van der Waals surface area (Å²) >= 11 is 6.01. The van der Waals surface area contributed by atoms with Crippen LogP contribution in [-0.4, -0.2) is 39.9 Å². The first-order valence-electron chi connectivity index (χ1n) is 13.4. The highest BCUT2D eigenvalue weighted by atomic mass is 35.5. The smallest absolute Gasteiger partial charge is 0.323 e.